The van der Waals surface area contributed by atoms with E-state index in [2.05, 4.69) is 25.7 Å². The summed E-state index contributed by atoms with van der Waals surface area (Å²) in [6.45, 7) is 6.82. The molecule has 1 fully saturated rings. The van der Waals surface area contributed by atoms with Crippen molar-refractivity contribution in [3.05, 3.63) is 0 Å². The van der Waals surface area contributed by atoms with E-state index in [9.17, 15) is 0 Å². The van der Waals surface area contributed by atoms with Gasteiger partial charge in [-0.2, -0.15) is 0 Å². The third-order valence-electron chi connectivity index (χ3n) is 3.19. The molecule has 1 N–H and O–H groups in total. The van der Waals surface area contributed by atoms with Crippen LogP contribution in [-0.2, 0) is 4.89 Å². The molecule has 0 aromatic heterocycles. The zero-order valence-electron chi connectivity index (χ0n) is 8.29. The molecule has 1 saturated carbocycles. The molecule has 1 rings (SSSR count). The van der Waals surface area contributed by atoms with Crippen LogP contribution in [0.2, 0.25) is 0 Å². The lowest BCUT2D eigenvalue weighted by Gasteiger charge is -2.34. The van der Waals surface area contributed by atoms with Gasteiger partial charge < -0.3 is 0 Å². The van der Waals surface area contributed by atoms with E-state index in [4.69, 9.17) is 5.26 Å². The number of hydrogen-bond donors (Lipinski definition) is 1. The van der Waals surface area contributed by atoms with E-state index in [0.29, 0.717) is 5.92 Å². The van der Waals surface area contributed by atoms with E-state index in [-0.39, 0.29) is 6.10 Å². The third-order valence-corrected chi connectivity index (χ3v) is 3.19. The fraction of sp³-hybridized carbons (Fsp3) is 1.00. The van der Waals surface area contributed by atoms with Gasteiger partial charge in [-0.05, 0) is 37.0 Å². The van der Waals surface area contributed by atoms with Gasteiger partial charge in [-0.3, -0.25) is 5.26 Å². The summed E-state index contributed by atoms with van der Waals surface area (Å²) in [6.07, 6.45) is 3.32. The second kappa shape index (κ2) is 4.24. The Morgan fingerprint density at radius 1 is 1.33 bits per heavy atom. The Morgan fingerprint density at radius 3 is 2.42 bits per heavy atom. The Labute approximate surface area is 74.9 Å². The normalized spacial score (nSPS) is 37.2. The summed E-state index contributed by atoms with van der Waals surface area (Å²) in [6, 6.07) is 0. The minimum absolute atomic E-state index is 0.0926. The molecule has 12 heavy (non-hydrogen) atoms. The Morgan fingerprint density at radius 2 is 2.00 bits per heavy atom. The summed E-state index contributed by atoms with van der Waals surface area (Å²) in [5.74, 6) is 2.27. The van der Waals surface area contributed by atoms with Crippen LogP contribution < -0.4 is 0 Å². The monoisotopic (exact) mass is 172 g/mol. The van der Waals surface area contributed by atoms with Gasteiger partial charge in [0.2, 0.25) is 0 Å². The molecule has 0 spiro atoms. The van der Waals surface area contributed by atoms with Gasteiger partial charge >= 0.3 is 0 Å². The van der Waals surface area contributed by atoms with Crippen molar-refractivity contribution in [2.24, 2.45) is 17.8 Å². The molecule has 0 heterocycles. The zero-order valence-corrected chi connectivity index (χ0v) is 8.29. The molecule has 1 aliphatic rings. The Bertz CT molecular complexity index is 134. The fourth-order valence-electron chi connectivity index (χ4n) is 2.46. The average Bonchev–Trinajstić information content (AvgIpc) is 2.03. The van der Waals surface area contributed by atoms with Crippen LogP contribution in [0.15, 0.2) is 0 Å². The summed E-state index contributed by atoms with van der Waals surface area (Å²) in [5, 5.41) is 8.53. The maximum absolute atomic E-state index is 8.53. The second-order valence-corrected chi connectivity index (χ2v) is 4.43. The van der Waals surface area contributed by atoms with Crippen LogP contribution in [0.5, 0.6) is 0 Å². The maximum atomic E-state index is 8.53. The molecule has 0 aromatic rings. The van der Waals surface area contributed by atoms with Gasteiger partial charge in [-0.1, -0.05) is 20.8 Å². The van der Waals surface area contributed by atoms with Crippen LogP contribution in [0.1, 0.15) is 40.0 Å². The lowest BCUT2D eigenvalue weighted by Crippen LogP contribution is -2.30. The molecule has 72 valence electrons. The van der Waals surface area contributed by atoms with Crippen molar-refractivity contribution in [3.8, 4) is 0 Å². The lowest BCUT2D eigenvalue weighted by atomic mass is 9.73. The van der Waals surface area contributed by atoms with Crippen LogP contribution in [0.4, 0.5) is 0 Å². The van der Waals surface area contributed by atoms with Crippen LogP contribution in [-0.4, -0.2) is 11.4 Å². The molecular weight excluding hydrogens is 152 g/mol. The largest absolute Gasteiger partial charge is 0.252 e. The summed E-state index contributed by atoms with van der Waals surface area (Å²) in [4.78, 5) is 4.39. The molecule has 3 atom stereocenters. The molecule has 3 unspecified atom stereocenters. The van der Waals surface area contributed by atoms with Gasteiger partial charge in [0.15, 0.2) is 0 Å². The topological polar surface area (TPSA) is 29.5 Å². The van der Waals surface area contributed by atoms with E-state index < -0.39 is 0 Å². The first-order valence-corrected chi connectivity index (χ1v) is 4.95. The Balaban J connectivity index is 2.42. The van der Waals surface area contributed by atoms with Crippen molar-refractivity contribution in [1.29, 1.82) is 0 Å². The van der Waals surface area contributed by atoms with Crippen molar-refractivity contribution in [2.75, 3.05) is 0 Å². The predicted octanol–water partition coefficient (Wildman–Crippen LogP) is 2.94. The third kappa shape index (κ3) is 2.20. The first-order valence-electron chi connectivity index (χ1n) is 4.95. The van der Waals surface area contributed by atoms with Crippen molar-refractivity contribution in [1.82, 2.24) is 0 Å². The van der Waals surface area contributed by atoms with Crippen LogP contribution in [0, 0.1) is 17.8 Å². The van der Waals surface area contributed by atoms with E-state index in [0.717, 1.165) is 24.7 Å². The standard InChI is InChI=1S/C10H20O2/c1-7(2)10-5-4-9(12-11)6-8(10)3/h7-11H,4-6H2,1-3H3. The van der Waals surface area contributed by atoms with Gasteiger partial charge in [-0.15, -0.1) is 0 Å². The van der Waals surface area contributed by atoms with E-state index in [1.807, 2.05) is 0 Å². The molecule has 0 radical (unpaired) electrons. The minimum Gasteiger partial charge on any atom is -0.252 e. The fourth-order valence-corrected chi connectivity index (χ4v) is 2.46. The zero-order chi connectivity index (χ0) is 9.14. The molecule has 0 bridgehead atoms. The molecule has 0 saturated heterocycles. The van der Waals surface area contributed by atoms with E-state index in [1.165, 1.54) is 6.42 Å². The first kappa shape index (κ1) is 10.0. The summed E-state index contributed by atoms with van der Waals surface area (Å²) < 4.78 is 0. The van der Waals surface area contributed by atoms with Crippen molar-refractivity contribution in [2.45, 2.75) is 46.1 Å². The highest BCUT2D eigenvalue weighted by atomic mass is 17.1. The van der Waals surface area contributed by atoms with Gasteiger partial charge in [0.05, 0.1) is 6.10 Å². The molecule has 0 aliphatic heterocycles. The molecular formula is C10H20O2. The Kier molecular flexibility index (Phi) is 3.53. The average molecular weight is 172 g/mol. The second-order valence-electron chi connectivity index (χ2n) is 4.43. The first-order chi connectivity index (χ1) is 5.65. The van der Waals surface area contributed by atoms with Crippen LogP contribution in [0.25, 0.3) is 0 Å². The van der Waals surface area contributed by atoms with Crippen molar-refractivity contribution in [3.63, 3.8) is 0 Å². The molecule has 2 nitrogen and oxygen atoms in total. The highest BCUT2D eigenvalue weighted by Gasteiger charge is 2.29. The van der Waals surface area contributed by atoms with Crippen molar-refractivity contribution >= 4 is 0 Å². The van der Waals surface area contributed by atoms with Gasteiger partial charge in [-0.25, -0.2) is 4.89 Å². The van der Waals surface area contributed by atoms with Crippen LogP contribution >= 0.6 is 0 Å². The van der Waals surface area contributed by atoms with E-state index in [1.54, 1.807) is 0 Å². The summed E-state index contributed by atoms with van der Waals surface area (Å²) >= 11 is 0. The summed E-state index contributed by atoms with van der Waals surface area (Å²) in [5.41, 5.74) is 0. The van der Waals surface area contributed by atoms with Crippen LogP contribution in [0.3, 0.4) is 0 Å². The SMILES string of the molecule is CC(C)C1CCC(OO)CC1C. The van der Waals surface area contributed by atoms with Crippen molar-refractivity contribution < 1.29 is 10.1 Å². The Hall–Kier alpha value is -0.0800. The minimum atomic E-state index is 0.0926. The summed E-state index contributed by atoms with van der Waals surface area (Å²) in [7, 11) is 0. The van der Waals surface area contributed by atoms with Gasteiger partial charge in [0.1, 0.15) is 0 Å². The highest BCUT2D eigenvalue weighted by Crippen LogP contribution is 2.35. The quantitative estimate of drug-likeness (QED) is 0.512. The van der Waals surface area contributed by atoms with Gasteiger partial charge in [0, 0.05) is 0 Å². The molecule has 0 amide bonds. The molecule has 1 aliphatic carbocycles. The van der Waals surface area contributed by atoms with Gasteiger partial charge in [0.25, 0.3) is 0 Å². The number of hydrogen-bond acceptors (Lipinski definition) is 2. The molecule has 2 heteroatoms. The molecule has 0 aromatic carbocycles. The maximum Gasteiger partial charge on any atom is 0.0930 e. The van der Waals surface area contributed by atoms with E-state index >= 15 is 0 Å². The number of rotatable bonds is 2. The predicted molar refractivity (Wildman–Crippen MR) is 48.8 cm³/mol. The highest BCUT2D eigenvalue weighted by molar-refractivity contribution is 4.79. The smallest absolute Gasteiger partial charge is 0.0930 e. The lowest BCUT2D eigenvalue weighted by molar-refractivity contribution is -0.288.